The summed E-state index contributed by atoms with van der Waals surface area (Å²) in [7, 11) is 0. The fraction of sp³-hybridized carbons (Fsp3) is 0.200. The highest BCUT2D eigenvalue weighted by molar-refractivity contribution is 7.80. The summed E-state index contributed by atoms with van der Waals surface area (Å²) >= 11 is 4.55. The lowest BCUT2D eigenvalue weighted by atomic mass is 10.0. The number of rotatable bonds is 4. The monoisotopic (exact) mass is 244 g/mol. The predicted molar refractivity (Wildman–Crippen MR) is 74.2 cm³/mol. The Morgan fingerprint density at radius 1 is 0.824 bits per heavy atom. The van der Waals surface area contributed by atoms with Crippen LogP contribution in [0.1, 0.15) is 28.9 Å². The Kier molecular flexibility index (Phi) is 4.24. The van der Waals surface area contributed by atoms with Gasteiger partial charge in [-0.25, -0.2) is 0 Å². The Hall–Kier alpha value is -1.25. The van der Waals surface area contributed by atoms with Crippen LogP contribution >= 0.6 is 12.6 Å². The smallest absolute Gasteiger partial charge is 0.0803 e. The zero-order chi connectivity index (χ0) is 12.1. The molecule has 1 unspecified atom stereocenters. The van der Waals surface area contributed by atoms with Gasteiger partial charge in [-0.1, -0.05) is 60.7 Å². The van der Waals surface area contributed by atoms with E-state index in [0.29, 0.717) is 6.42 Å². The summed E-state index contributed by atoms with van der Waals surface area (Å²) in [5.74, 6) is 0. The molecule has 1 nitrogen and oxygen atoms in total. The van der Waals surface area contributed by atoms with Gasteiger partial charge in [-0.15, -0.1) is 0 Å². The first kappa shape index (κ1) is 12.2. The van der Waals surface area contributed by atoms with E-state index in [1.54, 1.807) is 0 Å². The quantitative estimate of drug-likeness (QED) is 0.784. The third-order valence-electron chi connectivity index (χ3n) is 2.82. The van der Waals surface area contributed by atoms with Gasteiger partial charge in [0.25, 0.3) is 0 Å². The Balaban J connectivity index is 2.02. The van der Waals surface area contributed by atoms with E-state index in [1.807, 2.05) is 60.7 Å². The van der Waals surface area contributed by atoms with Gasteiger partial charge in [0.15, 0.2) is 0 Å². The van der Waals surface area contributed by atoms with Crippen LogP contribution < -0.4 is 0 Å². The van der Waals surface area contributed by atoms with Crippen molar-refractivity contribution in [3.8, 4) is 0 Å². The lowest BCUT2D eigenvalue weighted by molar-refractivity contribution is 0.167. The minimum Gasteiger partial charge on any atom is -0.388 e. The standard InChI is InChI=1S/C15H16OS/c16-14(12-7-3-1-4-8-12)11-15(17)13-9-5-2-6-10-13/h1-10,14-17H,11H2/t14?,15-/m0/s1. The molecule has 1 N–H and O–H groups in total. The molecule has 0 aromatic heterocycles. The molecular weight excluding hydrogens is 228 g/mol. The average Bonchev–Trinajstić information content (AvgIpc) is 2.40. The molecule has 0 aliphatic heterocycles. The number of hydrogen-bond donors (Lipinski definition) is 2. The minimum atomic E-state index is -0.459. The molecule has 0 heterocycles. The Bertz CT molecular complexity index is 397. The predicted octanol–water partition coefficient (Wildman–Crippen LogP) is 3.78. The van der Waals surface area contributed by atoms with Gasteiger partial charge in [0.1, 0.15) is 0 Å². The van der Waals surface area contributed by atoms with Gasteiger partial charge in [-0.2, -0.15) is 12.6 Å². The Morgan fingerprint density at radius 2 is 1.29 bits per heavy atom. The summed E-state index contributed by atoms with van der Waals surface area (Å²) in [6.07, 6.45) is 0.163. The van der Waals surface area contributed by atoms with Crippen molar-refractivity contribution in [1.82, 2.24) is 0 Å². The molecule has 0 aliphatic rings. The van der Waals surface area contributed by atoms with E-state index in [4.69, 9.17) is 0 Å². The van der Waals surface area contributed by atoms with E-state index in [9.17, 15) is 5.11 Å². The third-order valence-corrected chi connectivity index (χ3v) is 3.32. The van der Waals surface area contributed by atoms with Crippen LogP contribution in [0.4, 0.5) is 0 Å². The maximum atomic E-state index is 10.1. The topological polar surface area (TPSA) is 20.2 Å². The number of benzene rings is 2. The Labute approximate surface area is 108 Å². The minimum absolute atomic E-state index is 0.0615. The van der Waals surface area contributed by atoms with Crippen molar-refractivity contribution in [2.75, 3.05) is 0 Å². The largest absolute Gasteiger partial charge is 0.388 e. The zero-order valence-electron chi connectivity index (χ0n) is 9.53. The van der Waals surface area contributed by atoms with Crippen LogP contribution in [0.5, 0.6) is 0 Å². The second-order valence-corrected chi connectivity index (χ2v) is 4.71. The molecule has 2 aromatic carbocycles. The normalized spacial score (nSPS) is 14.2. The lowest BCUT2D eigenvalue weighted by Gasteiger charge is -2.16. The molecule has 0 spiro atoms. The van der Waals surface area contributed by atoms with Crippen LogP contribution in [0.3, 0.4) is 0 Å². The summed E-state index contributed by atoms with van der Waals surface area (Å²) < 4.78 is 0. The molecule has 2 rings (SSSR count). The first-order chi connectivity index (χ1) is 8.27. The van der Waals surface area contributed by atoms with Crippen molar-refractivity contribution >= 4 is 12.6 Å². The van der Waals surface area contributed by atoms with Gasteiger partial charge in [0, 0.05) is 5.25 Å². The molecule has 0 fully saturated rings. The molecule has 17 heavy (non-hydrogen) atoms. The van der Waals surface area contributed by atoms with E-state index in [0.717, 1.165) is 11.1 Å². The molecule has 2 atom stereocenters. The van der Waals surface area contributed by atoms with Gasteiger partial charge in [-0.3, -0.25) is 0 Å². The van der Waals surface area contributed by atoms with E-state index in [2.05, 4.69) is 12.6 Å². The van der Waals surface area contributed by atoms with Crippen molar-refractivity contribution in [3.63, 3.8) is 0 Å². The van der Waals surface area contributed by atoms with Gasteiger partial charge in [-0.05, 0) is 17.5 Å². The third kappa shape index (κ3) is 3.35. The van der Waals surface area contributed by atoms with Crippen LogP contribution in [0.2, 0.25) is 0 Å². The second-order valence-electron chi connectivity index (χ2n) is 4.09. The molecule has 0 radical (unpaired) electrons. The fourth-order valence-electron chi connectivity index (χ4n) is 1.83. The first-order valence-electron chi connectivity index (χ1n) is 5.73. The van der Waals surface area contributed by atoms with E-state index in [1.165, 1.54) is 0 Å². The van der Waals surface area contributed by atoms with Crippen molar-refractivity contribution < 1.29 is 5.11 Å². The summed E-state index contributed by atoms with van der Waals surface area (Å²) in [4.78, 5) is 0. The molecule has 0 saturated carbocycles. The van der Waals surface area contributed by atoms with E-state index >= 15 is 0 Å². The van der Waals surface area contributed by atoms with Crippen LogP contribution in [-0.2, 0) is 0 Å². The second kappa shape index (κ2) is 5.89. The highest BCUT2D eigenvalue weighted by Crippen LogP contribution is 2.30. The van der Waals surface area contributed by atoms with Gasteiger partial charge < -0.3 is 5.11 Å². The van der Waals surface area contributed by atoms with Gasteiger partial charge >= 0.3 is 0 Å². The summed E-state index contributed by atoms with van der Waals surface area (Å²) in [5.41, 5.74) is 2.09. The summed E-state index contributed by atoms with van der Waals surface area (Å²) in [6, 6.07) is 19.8. The molecule has 0 amide bonds. The van der Waals surface area contributed by atoms with Crippen LogP contribution in [0.25, 0.3) is 0 Å². The maximum absolute atomic E-state index is 10.1. The molecule has 88 valence electrons. The number of thiol groups is 1. The number of aliphatic hydroxyl groups excluding tert-OH is 1. The maximum Gasteiger partial charge on any atom is 0.0803 e. The zero-order valence-corrected chi connectivity index (χ0v) is 10.4. The van der Waals surface area contributed by atoms with Crippen molar-refractivity contribution in [2.24, 2.45) is 0 Å². The molecule has 0 saturated heterocycles. The average molecular weight is 244 g/mol. The number of hydrogen-bond acceptors (Lipinski definition) is 2. The summed E-state index contributed by atoms with van der Waals surface area (Å²) in [6.45, 7) is 0. The van der Waals surface area contributed by atoms with E-state index < -0.39 is 6.10 Å². The molecular formula is C15H16OS. The fourth-order valence-corrected chi connectivity index (χ4v) is 2.21. The summed E-state index contributed by atoms with van der Waals surface area (Å²) in [5, 5.41) is 10.2. The van der Waals surface area contributed by atoms with Crippen molar-refractivity contribution in [3.05, 3.63) is 71.8 Å². The van der Waals surface area contributed by atoms with Crippen LogP contribution in [0, 0.1) is 0 Å². The first-order valence-corrected chi connectivity index (χ1v) is 6.25. The van der Waals surface area contributed by atoms with Crippen molar-refractivity contribution in [1.29, 1.82) is 0 Å². The SMILES string of the molecule is OC(C[C@H](S)c1ccccc1)c1ccccc1. The molecule has 2 heteroatoms. The number of aliphatic hydroxyl groups is 1. The Morgan fingerprint density at radius 3 is 1.82 bits per heavy atom. The molecule has 0 bridgehead atoms. The van der Waals surface area contributed by atoms with Crippen molar-refractivity contribution in [2.45, 2.75) is 17.8 Å². The van der Waals surface area contributed by atoms with E-state index in [-0.39, 0.29) is 5.25 Å². The lowest BCUT2D eigenvalue weighted by Crippen LogP contribution is -2.01. The highest BCUT2D eigenvalue weighted by atomic mass is 32.1. The van der Waals surface area contributed by atoms with Gasteiger partial charge in [0.05, 0.1) is 6.10 Å². The highest BCUT2D eigenvalue weighted by Gasteiger charge is 2.13. The van der Waals surface area contributed by atoms with Crippen LogP contribution in [0.15, 0.2) is 60.7 Å². The van der Waals surface area contributed by atoms with Gasteiger partial charge in [0.2, 0.25) is 0 Å². The van der Waals surface area contributed by atoms with Crippen LogP contribution in [-0.4, -0.2) is 5.11 Å². The molecule has 0 aliphatic carbocycles. The molecule has 2 aromatic rings.